The molecule has 0 spiro atoms. The highest BCUT2D eigenvalue weighted by molar-refractivity contribution is 9.10. The van der Waals surface area contributed by atoms with Crippen molar-refractivity contribution in [1.29, 1.82) is 5.41 Å². The van der Waals surface area contributed by atoms with Crippen LogP contribution in [0.1, 0.15) is 41.0 Å². The summed E-state index contributed by atoms with van der Waals surface area (Å²) in [7, 11) is 6.38. The van der Waals surface area contributed by atoms with E-state index in [9.17, 15) is 14.4 Å². The second-order valence-electron chi connectivity index (χ2n) is 10.4. The molecule has 0 aliphatic heterocycles. The molecule has 0 saturated carbocycles. The third kappa shape index (κ3) is 8.86. The van der Waals surface area contributed by atoms with Crippen molar-refractivity contribution in [3.05, 3.63) is 99.7 Å². The van der Waals surface area contributed by atoms with E-state index in [4.69, 9.17) is 11.1 Å². The van der Waals surface area contributed by atoms with Crippen molar-refractivity contribution in [2.45, 2.75) is 26.9 Å². The Morgan fingerprint density at radius 1 is 0.927 bits per heavy atom. The Morgan fingerprint density at radius 3 is 2.15 bits per heavy atom. The predicted molar refractivity (Wildman–Crippen MR) is 166 cm³/mol. The van der Waals surface area contributed by atoms with Crippen LogP contribution in [0.4, 0.5) is 5.69 Å². The van der Waals surface area contributed by atoms with Gasteiger partial charge in [-0.05, 0) is 53.6 Å². The number of rotatable bonds is 7. The molecule has 10 heteroatoms. The maximum atomic E-state index is 13.3. The number of nitrogens with one attached hydrogen (secondary N) is 2. The van der Waals surface area contributed by atoms with Crippen molar-refractivity contribution >= 4 is 56.2 Å². The number of ether oxygens (including phenoxy) is 1. The van der Waals surface area contributed by atoms with Crippen molar-refractivity contribution in [1.82, 2.24) is 14.4 Å². The molecule has 0 unspecified atom stereocenters. The molecule has 4 rings (SSSR count). The maximum Gasteiger partial charge on any atom is 0.310 e. The number of carbonyl (C=O) groups excluding carboxylic acids is 3. The van der Waals surface area contributed by atoms with Crippen LogP contribution in [0.2, 0.25) is 0 Å². The number of carbonyl (C=O) groups is 3. The van der Waals surface area contributed by atoms with Gasteiger partial charge in [-0.15, -0.1) is 0 Å². The SMILES string of the molecule is CC(=O)OC(C)=O.C[N+](C)(C)c1ccc(CNC(=O)c2cc3cc(Br)ccc3n2Cc2cccc(C(=N)N)c2)cc1. The zero-order chi connectivity index (χ0) is 30.3. The van der Waals surface area contributed by atoms with Gasteiger partial charge in [0.2, 0.25) is 0 Å². The van der Waals surface area contributed by atoms with Crippen LogP contribution in [0.3, 0.4) is 0 Å². The lowest BCUT2D eigenvalue weighted by atomic mass is 10.1. The molecule has 0 saturated heterocycles. The standard InChI is InChI=1S/C27H28BrN5O.C4H6O3/c1-33(2,3)23-10-7-18(8-11-23)16-31-27(34)25-15-21-14-22(28)9-12-24(21)32(25)17-19-5-4-6-20(13-19)26(29)30;1-3(5)7-4(2)6/h4-15H,16-17H2,1-3H3,(H3-,29,30,31,34);1-2H3/p+1. The third-order valence-electron chi connectivity index (χ3n) is 6.13. The van der Waals surface area contributed by atoms with Gasteiger partial charge in [-0.25, -0.2) is 0 Å². The molecule has 0 aliphatic rings. The molecule has 0 fully saturated rings. The number of hydrogen-bond acceptors (Lipinski definition) is 5. The number of halogens is 1. The molecule has 9 nitrogen and oxygen atoms in total. The first-order valence-corrected chi connectivity index (χ1v) is 13.6. The van der Waals surface area contributed by atoms with E-state index in [2.05, 4.69) is 71.4 Å². The van der Waals surface area contributed by atoms with Crippen LogP contribution in [0.25, 0.3) is 10.9 Å². The van der Waals surface area contributed by atoms with Crippen LogP contribution in [0.5, 0.6) is 0 Å². The summed E-state index contributed by atoms with van der Waals surface area (Å²) in [4.78, 5) is 32.9. The first-order chi connectivity index (χ1) is 19.2. The lowest BCUT2D eigenvalue weighted by Gasteiger charge is -2.23. The smallest absolute Gasteiger partial charge is 0.310 e. The summed E-state index contributed by atoms with van der Waals surface area (Å²) in [6.07, 6.45) is 0. The van der Waals surface area contributed by atoms with E-state index in [0.29, 0.717) is 24.3 Å². The number of hydrogen-bond donors (Lipinski definition) is 3. The molecule has 4 aromatic rings. The minimum Gasteiger partial charge on any atom is -0.394 e. The Labute approximate surface area is 248 Å². The number of nitrogens with zero attached hydrogens (tertiary/aromatic N) is 2. The number of benzene rings is 3. The third-order valence-corrected chi connectivity index (χ3v) is 6.62. The largest absolute Gasteiger partial charge is 0.394 e. The van der Waals surface area contributed by atoms with E-state index < -0.39 is 11.9 Å². The van der Waals surface area contributed by atoms with Gasteiger partial charge in [-0.1, -0.05) is 46.3 Å². The summed E-state index contributed by atoms with van der Waals surface area (Å²) in [5.74, 6) is -1.23. The van der Waals surface area contributed by atoms with E-state index in [0.717, 1.165) is 31.0 Å². The Hall–Kier alpha value is -4.28. The van der Waals surface area contributed by atoms with Gasteiger partial charge in [-0.3, -0.25) is 24.3 Å². The van der Waals surface area contributed by atoms with Gasteiger partial charge in [-0.2, -0.15) is 0 Å². The lowest BCUT2D eigenvalue weighted by molar-refractivity contribution is -0.156. The van der Waals surface area contributed by atoms with E-state index in [1.165, 1.54) is 19.5 Å². The van der Waals surface area contributed by atoms with Crippen LogP contribution >= 0.6 is 15.9 Å². The second kappa shape index (κ2) is 13.4. The first-order valence-electron chi connectivity index (χ1n) is 12.8. The van der Waals surface area contributed by atoms with Crippen molar-refractivity contribution in [3.63, 3.8) is 0 Å². The average Bonchev–Trinajstić information content (AvgIpc) is 3.24. The highest BCUT2D eigenvalue weighted by Crippen LogP contribution is 2.25. The summed E-state index contributed by atoms with van der Waals surface area (Å²) in [6.45, 7) is 3.30. The number of nitrogen functional groups attached to an aromatic ring is 1. The Kier molecular flexibility index (Phi) is 10.2. The molecule has 4 N–H and O–H groups in total. The monoisotopic (exact) mass is 620 g/mol. The van der Waals surface area contributed by atoms with E-state index in [1.807, 2.05) is 53.1 Å². The predicted octanol–water partition coefficient (Wildman–Crippen LogP) is 4.96. The molecule has 41 heavy (non-hydrogen) atoms. The lowest BCUT2D eigenvalue weighted by Crippen LogP contribution is -2.34. The molecule has 1 heterocycles. The highest BCUT2D eigenvalue weighted by Gasteiger charge is 2.17. The molecule has 3 aromatic carbocycles. The van der Waals surface area contributed by atoms with Crippen LogP contribution in [0.15, 0.2) is 77.3 Å². The van der Waals surface area contributed by atoms with Crippen LogP contribution in [0, 0.1) is 5.41 Å². The number of quaternary nitrogens is 1. The van der Waals surface area contributed by atoms with Gasteiger partial charge in [0.05, 0.1) is 21.1 Å². The maximum absolute atomic E-state index is 13.3. The van der Waals surface area contributed by atoms with E-state index >= 15 is 0 Å². The van der Waals surface area contributed by atoms with Gasteiger partial charge in [0, 0.05) is 47.9 Å². The van der Waals surface area contributed by atoms with Crippen molar-refractivity contribution in [2.75, 3.05) is 21.1 Å². The summed E-state index contributed by atoms with van der Waals surface area (Å²) >= 11 is 3.53. The number of esters is 2. The Morgan fingerprint density at radius 2 is 1.59 bits per heavy atom. The van der Waals surface area contributed by atoms with Crippen LogP contribution in [-0.2, 0) is 27.4 Å². The van der Waals surface area contributed by atoms with Gasteiger partial charge >= 0.3 is 11.9 Å². The molecule has 1 amide bonds. The summed E-state index contributed by atoms with van der Waals surface area (Å²) in [5.41, 5.74) is 11.1. The number of nitrogens with two attached hydrogens (primary N) is 1. The van der Waals surface area contributed by atoms with E-state index in [-0.39, 0.29) is 11.7 Å². The van der Waals surface area contributed by atoms with Crippen molar-refractivity contribution in [3.8, 4) is 0 Å². The van der Waals surface area contributed by atoms with Gasteiger partial charge in [0.25, 0.3) is 5.91 Å². The first kappa shape index (κ1) is 31.3. The summed E-state index contributed by atoms with van der Waals surface area (Å²) < 4.78 is 7.68. The van der Waals surface area contributed by atoms with Crippen molar-refractivity contribution in [2.24, 2.45) is 5.73 Å². The Balaban J connectivity index is 0.000000587. The minimum atomic E-state index is -0.562. The fourth-order valence-electron chi connectivity index (χ4n) is 4.16. The molecule has 1 aromatic heterocycles. The topological polar surface area (TPSA) is 127 Å². The van der Waals surface area contributed by atoms with Gasteiger partial charge < -0.3 is 20.4 Å². The molecule has 214 valence electrons. The highest BCUT2D eigenvalue weighted by atomic mass is 79.9. The number of fused-ring (bicyclic) bond motifs is 1. The second-order valence-corrected chi connectivity index (χ2v) is 11.3. The minimum absolute atomic E-state index is 0.0254. The van der Waals surface area contributed by atoms with Gasteiger partial charge in [0.1, 0.15) is 17.2 Å². The Bertz CT molecular complexity index is 1570. The number of aromatic nitrogens is 1. The summed E-state index contributed by atoms with van der Waals surface area (Å²) in [5, 5.41) is 11.8. The van der Waals surface area contributed by atoms with E-state index in [1.54, 1.807) is 0 Å². The molecule has 0 radical (unpaired) electrons. The van der Waals surface area contributed by atoms with Crippen LogP contribution in [-0.4, -0.2) is 49.4 Å². The average molecular weight is 622 g/mol. The molecule has 0 bridgehead atoms. The zero-order valence-electron chi connectivity index (χ0n) is 23.8. The number of amides is 1. The zero-order valence-corrected chi connectivity index (χ0v) is 25.4. The van der Waals surface area contributed by atoms with Crippen LogP contribution < -0.4 is 15.5 Å². The van der Waals surface area contributed by atoms with Crippen molar-refractivity contribution < 1.29 is 19.1 Å². The quantitative estimate of drug-likeness (QED) is 0.0885. The molecular weight excluding hydrogens is 586 g/mol. The normalized spacial score (nSPS) is 10.9. The summed E-state index contributed by atoms with van der Waals surface area (Å²) in [6, 6.07) is 23.8. The molecule has 0 atom stereocenters. The fraction of sp³-hybridized carbons (Fsp3) is 0.226. The molecule has 0 aliphatic carbocycles. The fourth-order valence-corrected chi connectivity index (χ4v) is 4.54. The molecular formula is C31H35BrN5O4+. The van der Waals surface area contributed by atoms with Gasteiger partial charge in [0.15, 0.2) is 0 Å². The number of amidine groups is 1.